The highest BCUT2D eigenvalue weighted by atomic mass is 35.5. The Morgan fingerprint density at radius 3 is 2.68 bits per heavy atom. The molecule has 180 valence electrons. The van der Waals surface area contributed by atoms with Crippen molar-refractivity contribution in [3.8, 4) is 0 Å². The van der Waals surface area contributed by atoms with E-state index in [1.54, 1.807) is 4.57 Å². The van der Waals surface area contributed by atoms with Crippen LogP contribution in [0, 0.1) is 26.7 Å². The van der Waals surface area contributed by atoms with E-state index in [2.05, 4.69) is 9.88 Å². The van der Waals surface area contributed by atoms with Crippen molar-refractivity contribution in [2.45, 2.75) is 51.9 Å². The Labute approximate surface area is 200 Å². The molecular weight excluding hydrogens is 463 g/mol. The summed E-state index contributed by atoms with van der Waals surface area (Å²) in [5.41, 5.74) is 8.27. The van der Waals surface area contributed by atoms with Crippen LogP contribution in [-0.4, -0.2) is 39.9 Å². The first-order valence-electron chi connectivity index (χ1n) is 11.3. The summed E-state index contributed by atoms with van der Waals surface area (Å²) in [5.74, 6) is 0.00129. The molecule has 3 N–H and O–H groups in total. The van der Waals surface area contributed by atoms with Gasteiger partial charge < -0.3 is 24.7 Å². The Hall–Kier alpha value is -2.91. The normalized spacial score (nSPS) is 23.0. The fraction of sp³-hybridized carbons (Fsp3) is 0.458. The molecule has 3 heterocycles. The number of carbonyl (C=O) groups is 1. The molecule has 2 fully saturated rings. The average molecular weight is 489 g/mol. The summed E-state index contributed by atoms with van der Waals surface area (Å²) in [5, 5.41) is 10.0. The first-order valence-corrected chi connectivity index (χ1v) is 11.7. The lowest BCUT2D eigenvalue weighted by Gasteiger charge is -2.25. The number of pyridine rings is 1. The molecule has 0 bridgehead atoms. The molecule has 0 radical (unpaired) electrons. The lowest BCUT2D eigenvalue weighted by Crippen LogP contribution is -2.27. The molecule has 3 aromatic rings. The molecule has 2 aliphatic rings. The van der Waals surface area contributed by atoms with E-state index in [-0.39, 0.29) is 23.8 Å². The zero-order chi connectivity index (χ0) is 24.5. The van der Waals surface area contributed by atoms with Gasteiger partial charge in [0.2, 0.25) is 11.3 Å². The van der Waals surface area contributed by atoms with Crippen molar-refractivity contribution >= 4 is 34.2 Å². The molecule has 1 saturated heterocycles. The molecule has 0 spiro atoms. The van der Waals surface area contributed by atoms with Gasteiger partial charge in [-0.3, -0.25) is 4.79 Å². The molecule has 0 amide bonds. The van der Waals surface area contributed by atoms with Crippen LogP contribution in [0.15, 0.2) is 21.5 Å². The number of aryl methyl sites for hydroxylation is 3. The van der Waals surface area contributed by atoms with E-state index in [0.717, 1.165) is 23.6 Å². The van der Waals surface area contributed by atoms with E-state index in [9.17, 15) is 19.1 Å². The summed E-state index contributed by atoms with van der Waals surface area (Å²) >= 11 is 6.66. The van der Waals surface area contributed by atoms with Crippen molar-refractivity contribution in [3.05, 3.63) is 56.0 Å². The maximum Gasteiger partial charge on any atom is 0.341 e. The molecule has 1 aliphatic carbocycles. The smallest absolute Gasteiger partial charge is 0.341 e. The maximum atomic E-state index is 14.1. The molecule has 1 aromatic carbocycles. The van der Waals surface area contributed by atoms with Crippen molar-refractivity contribution in [1.82, 2.24) is 9.55 Å². The van der Waals surface area contributed by atoms with Crippen LogP contribution in [0.2, 0.25) is 5.02 Å². The van der Waals surface area contributed by atoms with Crippen molar-refractivity contribution in [1.29, 1.82) is 0 Å². The number of hydrogen-bond donors (Lipinski definition) is 2. The predicted octanol–water partition coefficient (Wildman–Crippen LogP) is 4.08. The van der Waals surface area contributed by atoms with Gasteiger partial charge >= 0.3 is 5.97 Å². The molecular formula is C24H26ClFN4O4. The molecule has 1 aliphatic heterocycles. The zero-order valence-electron chi connectivity index (χ0n) is 19.1. The number of carboxylic acids is 1. The topological polar surface area (TPSA) is 115 Å². The Morgan fingerprint density at radius 1 is 1.38 bits per heavy atom. The first kappa shape index (κ1) is 22.9. The second-order valence-corrected chi connectivity index (χ2v) is 9.75. The number of aromatic carboxylic acids is 1. The number of rotatable bonds is 5. The number of aromatic nitrogens is 2. The van der Waals surface area contributed by atoms with Gasteiger partial charge in [-0.15, -0.1) is 0 Å². The molecule has 4 unspecified atom stereocenters. The van der Waals surface area contributed by atoms with Crippen LogP contribution in [0.25, 0.3) is 10.9 Å². The third-order valence-corrected chi connectivity index (χ3v) is 7.41. The highest BCUT2D eigenvalue weighted by molar-refractivity contribution is 6.34. The number of hydrogen-bond acceptors (Lipinski definition) is 6. The van der Waals surface area contributed by atoms with Gasteiger partial charge in [0.05, 0.1) is 34.0 Å². The molecule has 10 heteroatoms. The van der Waals surface area contributed by atoms with Gasteiger partial charge in [-0.25, -0.2) is 14.2 Å². The number of anilines is 1. The summed E-state index contributed by atoms with van der Waals surface area (Å²) < 4.78 is 21.4. The summed E-state index contributed by atoms with van der Waals surface area (Å²) in [6, 6.07) is 0.644. The summed E-state index contributed by atoms with van der Waals surface area (Å²) in [6.07, 6.45) is 1.27. The number of benzene rings is 1. The minimum absolute atomic E-state index is 0.0823. The molecule has 2 aromatic heterocycles. The fourth-order valence-electron chi connectivity index (χ4n) is 5.04. The third-order valence-electron chi connectivity index (χ3n) is 7.13. The van der Waals surface area contributed by atoms with Gasteiger partial charge in [-0.05, 0) is 38.8 Å². The largest absolute Gasteiger partial charge is 0.477 e. The van der Waals surface area contributed by atoms with Crippen molar-refractivity contribution < 1.29 is 18.7 Å². The SMILES string of the molecule is Cc1nc(C(N)C2CCN(c3c(Cl)cc4c(=O)c(C(=O)O)cn(C5CC5F)c4c3C)C2)oc1C. The van der Waals surface area contributed by atoms with Crippen LogP contribution >= 0.6 is 11.6 Å². The van der Waals surface area contributed by atoms with E-state index in [1.807, 2.05) is 20.8 Å². The number of halogens is 2. The highest BCUT2D eigenvalue weighted by Gasteiger charge is 2.41. The molecule has 4 atom stereocenters. The molecule has 5 rings (SSSR count). The second-order valence-electron chi connectivity index (χ2n) is 9.35. The van der Waals surface area contributed by atoms with Crippen LogP contribution < -0.4 is 16.1 Å². The van der Waals surface area contributed by atoms with Crippen molar-refractivity contribution in [2.24, 2.45) is 11.7 Å². The summed E-state index contributed by atoms with van der Waals surface area (Å²) in [6.45, 7) is 6.87. The predicted molar refractivity (Wildman–Crippen MR) is 127 cm³/mol. The number of alkyl halides is 1. The van der Waals surface area contributed by atoms with Gasteiger partial charge in [0.1, 0.15) is 17.5 Å². The monoisotopic (exact) mass is 488 g/mol. The van der Waals surface area contributed by atoms with Crippen LogP contribution in [0.5, 0.6) is 0 Å². The fourth-order valence-corrected chi connectivity index (χ4v) is 5.41. The number of nitrogens with zero attached hydrogens (tertiary/aromatic N) is 3. The minimum atomic E-state index is -1.34. The Bertz CT molecular complexity index is 1360. The lowest BCUT2D eigenvalue weighted by molar-refractivity contribution is 0.0694. The van der Waals surface area contributed by atoms with Crippen LogP contribution in [-0.2, 0) is 0 Å². The quantitative estimate of drug-likeness (QED) is 0.556. The van der Waals surface area contributed by atoms with Gasteiger partial charge in [0.15, 0.2) is 0 Å². The highest BCUT2D eigenvalue weighted by Crippen LogP contribution is 2.44. The minimum Gasteiger partial charge on any atom is -0.477 e. The molecule has 1 saturated carbocycles. The van der Waals surface area contributed by atoms with Crippen LogP contribution in [0.1, 0.15) is 58.2 Å². The van der Waals surface area contributed by atoms with Crippen LogP contribution in [0.3, 0.4) is 0 Å². The number of nitrogens with two attached hydrogens (primary N) is 1. The van der Waals surface area contributed by atoms with Gasteiger partial charge in [0.25, 0.3) is 0 Å². The third kappa shape index (κ3) is 3.58. The first-order chi connectivity index (χ1) is 16.1. The number of fused-ring (bicyclic) bond motifs is 1. The summed E-state index contributed by atoms with van der Waals surface area (Å²) in [7, 11) is 0. The summed E-state index contributed by atoms with van der Waals surface area (Å²) in [4.78, 5) is 31.1. The second kappa shape index (κ2) is 8.09. The van der Waals surface area contributed by atoms with Crippen molar-refractivity contribution in [3.63, 3.8) is 0 Å². The lowest BCUT2D eigenvalue weighted by atomic mass is 10.00. The van der Waals surface area contributed by atoms with Gasteiger partial charge in [-0.1, -0.05) is 11.6 Å². The van der Waals surface area contributed by atoms with E-state index < -0.39 is 29.2 Å². The van der Waals surface area contributed by atoms with E-state index in [4.69, 9.17) is 21.8 Å². The van der Waals surface area contributed by atoms with E-state index in [0.29, 0.717) is 35.1 Å². The van der Waals surface area contributed by atoms with Crippen LogP contribution in [0.4, 0.5) is 10.1 Å². The Kier molecular flexibility index (Phi) is 5.44. The number of oxazole rings is 1. The molecule has 34 heavy (non-hydrogen) atoms. The van der Waals surface area contributed by atoms with Gasteiger partial charge in [0, 0.05) is 37.0 Å². The Morgan fingerprint density at radius 2 is 2.09 bits per heavy atom. The average Bonchev–Trinajstić information content (AvgIpc) is 3.15. The Balaban J connectivity index is 1.56. The standard InChI is InChI=1S/C24H26ClFN4O4/c1-10-20-14(22(31)15(24(32)33)9-30(20)18-7-17(18)26)6-16(25)21(10)29-5-4-13(8-29)19(27)23-28-11(2)12(3)34-23/h6,9,13,17-19H,4-5,7-8,27H2,1-3H3,(H,32,33). The number of carboxylic acid groups (broad SMARTS) is 1. The van der Waals surface area contributed by atoms with Crippen molar-refractivity contribution in [2.75, 3.05) is 18.0 Å². The zero-order valence-corrected chi connectivity index (χ0v) is 19.9. The van der Waals surface area contributed by atoms with E-state index >= 15 is 0 Å². The maximum absolute atomic E-state index is 14.1. The van der Waals surface area contributed by atoms with Gasteiger partial charge in [-0.2, -0.15) is 0 Å². The molecule has 8 nitrogen and oxygen atoms in total. The van der Waals surface area contributed by atoms with E-state index in [1.165, 1.54) is 12.3 Å².